The van der Waals surface area contributed by atoms with Crippen LogP contribution in [0.5, 0.6) is 0 Å². The van der Waals surface area contributed by atoms with Gasteiger partial charge in [0.25, 0.3) is 0 Å². The number of hydrogen-bond donors (Lipinski definition) is 2. The zero-order valence-electron chi connectivity index (χ0n) is 11.5. The molecule has 1 aromatic rings. The first kappa shape index (κ1) is 12.7. The van der Waals surface area contributed by atoms with E-state index in [1.807, 2.05) is 6.33 Å². The monoisotopic (exact) mass is 262 g/mol. The predicted octanol–water partition coefficient (Wildman–Crippen LogP) is 1.19. The van der Waals surface area contributed by atoms with Crippen LogP contribution < -0.4 is 10.6 Å². The van der Waals surface area contributed by atoms with Gasteiger partial charge in [0.05, 0.1) is 12.0 Å². The second-order valence-electron chi connectivity index (χ2n) is 5.75. The summed E-state index contributed by atoms with van der Waals surface area (Å²) in [6.45, 7) is 3.80. The van der Waals surface area contributed by atoms with E-state index in [0.29, 0.717) is 12.5 Å². The van der Waals surface area contributed by atoms with Crippen molar-refractivity contribution in [3.63, 3.8) is 0 Å². The van der Waals surface area contributed by atoms with E-state index < -0.39 is 0 Å². The normalized spacial score (nSPS) is 30.2. The maximum atomic E-state index is 11.7. The van der Waals surface area contributed by atoms with Gasteiger partial charge in [-0.2, -0.15) is 0 Å². The van der Waals surface area contributed by atoms with Gasteiger partial charge in [0.15, 0.2) is 0 Å². The molecule has 1 amide bonds. The molecule has 3 rings (SSSR count). The van der Waals surface area contributed by atoms with Gasteiger partial charge in [-0.1, -0.05) is 12.8 Å². The molecule has 104 valence electrons. The van der Waals surface area contributed by atoms with Crippen LogP contribution in [0.15, 0.2) is 12.5 Å². The molecule has 1 aliphatic heterocycles. The zero-order chi connectivity index (χ0) is 13.3. The van der Waals surface area contributed by atoms with Crippen molar-refractivity contribution in [2.75, 3.05) is 0 Å². The Morgan fingerprint density at radius 1 is 1.58 bits per heavy atom. The topological polar surface area (TPSA) is 59.0 Å². The second-order valence-corrected chi connectivity index (χ2v) is 5.75. The number of fused-ring (bicyclic) bond motifs is 1. The number of imidazole rings is 1. The molecule has 1 aliphatic carbocycles. The Morgan fingerprint density at radius 2 is 2.47 bits per heavy atom. The molecular formula is C14H22N4O. The van der Waals surface area contributed by atoms with E-state index >= 15 is 0 Å². The molecule has 0 radical (unpaired) electrons. The fourth-order valence-electron chi connectivity index (χ4n) is 3.40. The summed E-state index contributed by atoms with van der Waals surface area (Å²) in [7, 11) is 0. The van der Waals surface area contributed by atoms with Crippen molar-refractivity contribution in [2.24, 2.45) is 0 Å². The van der Waals surface area contributed by atoms with Crippen LogP contribution in [0.2, 0.25) is 0 Å². The van der Waals surface area contributed by atoms with Crippen LogP contribution in [-0.4, -0.2) is 27.0 Å². The maximum Gasteiger partial charge on any atom is 0.222 e. The summed E-state index contributed by atoms with van der Waals surface area (Å²) in [5.41, 5.74) is 1.02. The van der Waals surface area contributed by atoms with Crippen molar-refractivity contribution in [1.29, 1.82) is 0 Å². The van der Waals surface area contributed by atoms with Crippen LogP contribution in [0, 0.1) is 0 Å². The first-order valence-electron chi connectivity index (χ1n) is 7.27. The number of carbonyl (C=O) groups is 1. The van der Waals surface area contributed by atoms with Crippen LogP contribution in [-0.2, 0) is 17.9 Å². The van der Waals surface area contributed by atoms with Crippen LogP contribution >= 0.6 is 0 Å². The highest BCUT2D eigenvalue weighted by molar-refractivity contribution is 5.81. The fourth-order valence-corrected chi connectivity index (χ4v) is 3.40. The van der Waals surface area contributed by atoms with Gasteiger partial charge in [0.2, 0.25) is 5.91 Å². The third-order valence-electron chi connectivity index (χ3n) is 4.52. The molecule has 19 heavy (non-hydrogen) atoms. The zero-order valence-corrected chi connectivity index (χ0v) is 11.5. The number of aromatic nitrogens is 2. The molecule has 2 N–H and O–H groups in total. The highest BCUT2D eigenvalue weighted by Gasteiger charge is 2.47. The van der Waals surface area contributed by atoms with Gasteiger partial charge in [-0.05, 0) is 19.8 Å². The van der Waals surface area contributed by atoms with Crippen molar-refractivity contribution < 1.29 is 4.79 Å². The fraction of sp³-hybridized carbons (Fsp3) is 0.714. The summed E-state index contributed by atoms with van der Waals surface area (Å²) in [6, 6.07) is 0.307. The first-order chi connectivity index (χ1) is 9.22. The Bertz CT molecular complexity index is 470. The molecule has 2 heterocycles. The molecule has 5 heteroatoms. The average Bonchev–Trinajstić information content (AvgIpc) is 2.99. The maximum absolute atomic E-state index is 11.7. The number of carbonyl (C=O) groups excluding carboxylic acids is 1. The van der Waals surface area contributed by atoms with E-state index in [9.17, 15) is 4.79 Å². The summed E-state index contributed by atoms with van der Waals surface area (Å²) in [5.74, 6) is 0.193. The van der Waals surface area contributed by atoms with Gasteiger partial charge in [-0.25, -0.2) is 4.98 Å². The molecule has 2 fully saturated rings. The van der Waals surface area contributed by atoms with Crippen LogP contribution in [0.4, 0.5) is 0 Å². The molecule has 2 atom stereocenters. The molecule has 0 aromatic carbocycles. The van der Waals surface area contributed by atoms with E-state index in [1.165, 1.54) is 12.8 Å². The van der Waals surface area contributed by atoms with Crippen molar-refractivity contribution >= 4 is 5.91 Å². The molecular weight excluding hydrogens is 240 g/mol. The van der Waals surface area contributed by atoms with E-state index in [-0.39, 0.29) is 11.4 Å². The largest absolute Gasteiger partial charge is 0.351 e. The molecule has 0 spiro atoms. The lowest BCUT2D eigenvalue weighted by Crippen LogP contribution is -2.55. The highest BCUT2D eigenvalue weighted by atomic mass is 16.2. The average molecular weight is 262 g/mol. The standard InChI is InChI=1S/C14H22N4O/c1-2-18-9-11(15-10-18)8-16-14-6-4-3-5-12(14)17-13(19)7-14/h9-10,12,16H,2-8H2,1H3,(H,17,19)/t12-,14+/m0/s1. The predicted molar refractivity (Wildman–Crippen MR) is 72.5 cm³/mol. The molecule has 1 saturated carbocycles. The van der Waals surface area contributed by atoms with Gasteiger partial charge in [0, 0.05) is 37.3 Å². The summed E-state index contributed by atoms with van der Waals surface area (Å²) in [5, 5.41) is 6.74. The van der Waals surface area contributed by atoms with Gasteiger partial charge in [0.1, 0.15) is 0 Å². The number of nitrogens with zero attached hydrogens (tertiary/aromatic N) is 2. The van der Waals surface area contributed by atoms with E-state index in [0.717, 1.165) is 31.6 Å². The lowest BCUT2D eigenvalue weighted by atomic mass is 9.78. The molecule has 0 unspecified atom stereocenters. The quantitative estimate of drug-likeness (QED) is 0.857. The second kappa shape index (κ2) is 4.96. The third-order valence-corrected chi connectivity index (χ3v) is 4.52. The van der Waals surface area contributed by atoms with Gasteiger partial charge in [-0.3, -0.25) is 4.79 Å². The van der Waals surface area contributed by atoms with E-state index in [1.54, 1.807) is 0 Å². The number of amides is 1. The Morgan fingerprint density at radius 3 is 3.26 bits per heavy atom. The number of rotatable bonds is 4. The van der Waals surface area contributed by atoms with Gasteiger partial charge in [-0.15, -0.1) is 0 Å². The highest BCUT2D eigenvalue weighted by Crippen LogP contribution is 2.35. The minimum Gasteiger partial charge on any atom is -0.351 e. The molecule has 1 aromatic heterocycles. The Balaban J connectivity index is 1.68. The minimum atomic E-state index is -0.0364. The van der Waals surface area contributed by atoms with Crippen LogP contribution in [0.25, 0.3) is 0 Å². The SMILES string of the molecule is CCn1cnc(CN[C@@]23CCCC[C@@H]2NC(=O)C3)c1. The van der Waals surface area contributed by atoms with E-state index in [4.69, 9.17) is 0 Å². The lowest BCUT2D eigenvalue weighted by molar-refractivity contribution is -0.119. The van der Waals surface area contributed by atoms with Gasteiger partial charge < -0.3 is 15.2 Å². The third kappa shape index (κ3) is 2.39. The summed E-state index contributed by atoms with van der Waals surface area (Å²) in [4.78, 5) is 16.1. The van der Waals surface area contributed by atoms with Crippen LogP contribution in [0.3, 0.4) is 0 Å². The molecule has 2 aliphatic rings. The van der Waals surface area contributed by atoms with Crippen molar-refractivity contribution in [2.45, 2.75) is 63.7 Å². The van der Waals surface area contributed by atoms with Crippen molar-refractivity contribution in [3.8, 4) is 0 Å². The summed E-state index contributed by atoms with van der Waals surface area (Å²) in [6.07, 6.45) is 9.18. The Kier molecular flexibility index (Phi) is 3.31. The number of nitrogens with one attached hydrogen (secondary N) is 2. The molecule has 0 bridgehead atoms. The number of aryl methyl sites for hydroxylation is 1. The first-order valence-corrected chi connectivity index (χ1v) is 7.27. The Labute approximate surface area is 113 Å². The minimum absolute atomic E-state index is 0.0364. The van der Waals surface area contributed by atoms with E-state index in [2.05, 4.69) is 33.3 Å². The Hall–Kier alpha value is -1.36. The summed E-state index contributed by atoms with van der Waals surface area (Å²) >= 11 is 0. The van der Waals surface area contributed by atoms with Crippen LogP contribution in [0.1, 0.15) is 44.7 Å². The molecule has 1 saturated heterocycles. The number of hydrogen-bond acceptors (Lipinski definition) is 3. The summed E-state index contributed by atoms with van der Waals surface area (Å²) < 4.78 is 2.07. The van der Waals surface area contributed by atoms with Gasteiger partial charge >= 0.3 is 0 Å². The lowest BCUT2D eigenvalue weighted by Gasteiger charge is -2.39. The van der Waals surface area contributed by atoms with Crippen molar-refractivity contribution in [3.05, 3.63) is 18.2 Å². The van der Waals surface area contributed by atoms with Crippen molar-refractivity contribution in [1.82, 2.24) is 20.2 Å². The smallest absolute Gasteiger partial charge is 0.222 e. The molecule has 5 nitrogen and oxygen atoms in total.